The van der Waals surface area contributed by atoms with Crippen LogP contribution in [-0.4, -0.2) is 32.4 Å². The van der Waals surface area contributed by atoms with Crippen molar-refractivity contribution < 1.29 is 30.0 Å². The van der Waals surface area contributed by atoms with E-state index in [0.29, 0.717) is 34.3 Å². The first-order valence-electron chi connectivity index (χ1n) is 20.6. The first-order chi connectivity index (χ1) is 25.0. The molecule has 0 bridgehead atoms. The third kappa shape index (κ3) is 7.84. The van der Waals surface area contributed by atoms with Gasteiger partial charge in [-0.3, -0.25) is 0 Å². The molecule has 0 aromatic heterocycles. The molecule has 0 amide bonds. The van der Waals surface area contributed by atoms with Crippen LogP contribution in [0.2, 0.25) is 10.0 Å². The lowest BCUT2D eigenvalue weighted by molar-refractivity contribution is -0.121. The maximum atomic E-state index is 12.0. The predicted molar refractivity (Wildman–Crippen MR) is 212 cm³/mol. The van der Waals surface area contributed by atoms with E-state index in [1.807, 2.05) is 0 Å². The molecule has 4 N–H and O–H groups in total. The van der Waals surface area contributed by atoms with Crippen LogP contribution < -0.4 is 0 Å². The molecule has 2 aromatic carbocycles. The van der Waals surface area contributed by atoms with E-state index in [0.717, 1.165) is 54.3 Å². The Kier molecular flexibility index (Phi) is 12.1. The highest BCUT2D eigenvalue weighted by molar-refractivity contribution is 6.33. The first-order valence-corrected chi connectivity index (χ1v) is 21.3. The number of hydrogen-bond donors (Lipinski definition) is 4. The summed E-state index contributed by atoms with van der Waals surface area (Å²) in [7, 11) is 0. The van der Waals surface area contributed by atoms with Crippen LogP contribution in [0.1, 0.15) is 169 Å². The molecule has 6 nitrogen and oxygen atoms in total. The summed E-state index contributed by atoms with van der Waals surface area (Å²) < 4.78 is 0. The molecule has 8 heteroatoms. The molecule has 0 aliphatic heterocycles. The Balaban J connectivity index is 1.13. The maximum absolute atomic E-state index is 12.0. The van der Waals surface area contributed by atoms with Crippen molar-refractivity contribution in [3.05, 3.63) is 56.6 Å². The number of carboxylic acid groups (broad SMARTS) is 2. The van der Waals surface area contributed by atoms with Crippen molar-refractivity contribution >= 4 is 35.1 Å². The zero-order valence-electron chi connectivity index (χ0n) is 32.5. The van der Waals surface area contributed by atoms with Crippen molar-refractivity contribution in [3.8, 4) is 11.5 Å². The van der Waals surface area contributed by atoms with Crippen LogP contribution in [0, 0.1) is 58.2 Å². The fourth-order valence-corrected chi connectivity index (χ4v) is 13.2. The molecule has 292 valence electrons. The lowest BCUT2D eigenvalue weighted by atomic mass is 9.44. The summed E-state index contributed by atoms with van der Waals surface area (Å²) in [5.41, 5.74) is 1.42. The Morgan fingerprint density at radius 3 is 1.91 bits per heavy atom. The normalized spacial score (nSPS) is 31.6. The van der Waals surface area contributed by atoms with Crippen LogP contribution in [0.25, 0.3) is 0 Å². The Morgan fingerprint density at radius 1 is 0.736 bits per heavy atom. The van der Waals surface area contributed by atoms with E-state index in [4.69, 9.17) is 23.2 Å². The SMILES string of the molecule is CC(C)CCC[C@@H](C)[C@H]1CC[C@H]2[C@@H]3CCC4CC(CCCC(c5cc(Cl)c(O)c(C(=O)O)c5)c5cc(Cl)c(O)c(C(=O)O)c5)CC[C@]4(C)[C@H]3CC[C@]12C. The fraction of sp³-hybridized carbons (Fsp3) is 0.689. The minimum atomic E-state index is -1.30. The van der Waals surface area contributed by atoms with E-state index >= 15 is 0 Å². The topological polar surface area (TPSA) is 115 Å². The summed E-state index contributed by atoms with van der Waals surface area (Å²) in [6, 6.07) is 5.92. The number of aromatic hydroxyl groups is 2. The molecule has 6 rings (SSSR count). The molecule has 4 fully saturated rings. The van der Waals surface area contributed by atoms with E-state index in [2.05, 4.69) is 34.6 Å². The lowest BCUT2D eigenvalue weighted by Gasteiger charge is -2.61. The van der Waals surface area contributed by atoms with Gasteiger partial charge in [-0.25, -0.2) is 9.59 Å². The van der Waals surface area contributed by atoms with Gasteiger partial charge in [0.2, 0.25) is 0 Å². The summed E-state index contributed by atoms with van der Waals surface area (Å²) in [6.45, 7) is 12.6. The number of halogens is 2. The highest BCUT2D eigenvalue weighted by atomic mass is 35.5. The first kappa shape index (κ1) is 40.2. The summed E-state index contributed by atoms with van der Waals surface area (Å²) in [4.78, 5) is 24.0. The van der Waals surface area contributed by atoms with E-state index in [9.17, 15) is 30.0 Å². The van der Waals surface area contributed by atoms with Gasteiger partial charge in [-0.15, -0.1) is 0 Å². The van der Waals surface area contributed by atoms with Crippen molar-refractivity contribution in [2.75, 3.05) is 0 Å². The summed E-state index contributed by atoms with van der Waals surface area (Å²) in [5, 5.41) is 40.1. The molecule has 0 saturated heterocycles. The van der Waals surface area contributed by atoms with Crippen LogP contribution in [0.5, 0.6) is 11.5 Å². The van der Waals surface area contributed by atoms with Gasteiger partial charge in [0, 0.05) is 5.92 Å². The number of phenols is 2. The van der Waals surface area contributed by atoms with Crippen LogP contribution in [0.3, 0.4) is 0 Å². The zero-order valence-corrected chi connectivity index (χ0v) is 34.0. The van der Waals surface area contributed by atoms with Crippen LogP contribution in [0.15, 0.2) is 24.3 Å². The second-order valence-corrected chi connectivity index (χ2v) is 19.5. The molecule has 0 spiro atoms. The van der Waals surface area contributed by atoms with Gasteiger partial charge in [0.25, 0.3) is 0 Å². The van der Waals surface area contributed by atoms with Gasteiger partial charge in [0.1, 0.15) is 22.6 Å². The number of fused-ring (bicyclic) bond motifs is 5. The average molecular weight is 770 g/mol. The Morgan fingerprint density at radius 2 is 1.32 bits per heavy atom. The van der Waals surface area contributed by atoms with E-state index in [1.165, 1.54) is 89.2 Å². The van der Waals surface area contributed by atoms with Gasteiger partial charge in [-0.1, -0.05) is 89.9 Å². The highest BCUT2D eigenvalue weighted by Gasteiger charge is 2.60. The van der Waals surface area contributed by atoms with Crippen molar-refractivity contribution in [2.24, 2.45) is 58.2 Å². The Hall–Kier alpha value is -2.44. The smallest absolute Gasteiger partial charge is 0.339 e. The summed E-state index contributed by atoms with van der Waals surface area (Å²) >= 11 is 12.7. The van der Waals surface area contributed by atoms with E-state index in [1.54, 1.807) is 12.1 Å². The second-order valence-electron chi connectivity index (χ2n) is 18.7. The monoisotopic (exact) mass is 768 g/mol. The number of carboxylic acids is 2. The van der Waals surface area contributed by atoms with Crippen molar-refractivity contribution in [1.82, 2.24) is 0 Å². The van der Waals surface area contributed by atoms with Gasteiger partial charge in [-0.05, 0) is 158 Å². The molecule has 0 heterocycles. The minimum Gasteiger partial charge on any atom is -0.505 e. The van der Waals surface area contributed by atoms with E-state index in [-0.39, 0.29) is 21.2 Å². The zero-order chi connectivity index (χ0) is 38.4. The summed E-state index contributed by atoms with van der Waals surface area (Å²) in [5.74, 6) is 2.42. The third-order valence-electron chi connectivity index (χ3n) is 15.5. The quantitative estimate of drug-likeness (QED) is 0.161. The van der Waals surface area contributed by atoms with Crippen LogP contribution in [0.4, 0.5) is 0 Å². The molecule has 2 aromatic rings. The van der Waals surface area contributed by atoms with Crippen molar-refractivity contribution in [1.29, 1.82) is 0 Å². The maximum Gasteiger partial charge on any atom is 0.339 e. The number of benzene rings is 2. The van der Waals surface area contributed by atoms with Crippen LogP contribution in [-0.2, 0) is 0 Å². The molecule has 53 heavy (non-hydrogen) atoms. The Bertz CT molecular complexity index is 1600. The number of carbonyl (C=O) groups is 2. The average Bonchev–Trinajstić information content (AvgIpc) is 3.46. The second kappa shape index (κ2) is 16.0. The lowest BCUT2D eigenvalue weighted by Crippen LogP contribution is -2.53. The molecular formula is C45H62Cl2O6. The number of hydrogen-bond acceptors (Lipinski definition) is 4. The van der Waals surface area contributed by atoms with Gasteiger partial charge < -0.3 is 20.4 Å². The fourth-order valence-electron chi connectivity index (χ4n) is 12.7. The standard InChI is InChI=1S/C45H62Cl2O6/c1-25(2)8-6-9-26(3)35-14-15-36-32-13-12-30-20-27(16-18-44(30,4)37(32)17-19-45(35,36)5)10-7-11-31(28-21-33(42(50)51)40(48)38(46)23-28)29-22-34(43(52)53)41(49)39(47)24-29/h21-27,30-32,35-37,48-49H,6-20H2,1-5H3,(H,50,51)(H,52,53)/t26-,27?,30?,32+,35-,36+,37+,44+,45-/m1/s1. The van der Waals surface area contributed by atoms with Gasteiger partial charge in [-0.2, -0.15) is 0 Å². The van der Waals surface area contributed by atoms with Crippen LogP contribution >= 0.6 is 23.2 Å². The molecule has 0 radical (unpaired) electrons. The molecule has 4 aliphatic rings. The number of rotatable bonds is 13. The Labute approximate surface area is 327 Å². The van der Waals surface area contributed by atoms with Gasteiger partial charge in [0.05, 0.1) is 10.0 Å². The molecule has 9 atom stereocenters. The molecule has 2 unspecified atom stereocenters. The molecule has 4 saturated carbocycles. The van der Waals surface area contributed by atoms with Gasteiger partial charge >= 0.3 is 11.9 Å². The van der Waals surface area contributed by atoms with Crippen molar-refractivity contribution in [3.63, 3.8) is 0 Å². The van der Waals surface area contributed by atoms with Crippen molar-refractivity contribution in [2.45, 2.75) is 137 Å². The van der Waals surface area contributed by atoms with E-state index < -0.39 is 29.4 Å². The predicted octanol–water partition coefficient (Wildman–Crippen LogP) is 12.8. The summed E-state index contributed by atoms with van der Waals surface area (Å²) in [6.07, 6.45) is 18.8. The largest absolute Gasteiger partial charge is 0.505 e. The number of aromatic carboxylic acids is 2. The highest BCUT2D eigenvalue weighted by Crippen LogP contribution is 2.69. The molecule has 4 aliphatic carbocycles. The van der Waals surface area contributed by atoms with Gasteiger partial charge in [0.15, 0.2) is 0 Å². The third-order valence-corrected chi connectivity index (χ3v) is 16.1. The minimum absolute atomic E-state index is 0.0808. The molecular weight excluding hydrogens is 707 g/mol.